The molecular formula is C12H16N2O2. The fourth-order valence-electron chi connectivity index (χ4n) is 2.41. The molecule has 1 fully saturated rings. The summed E-state index contributed by atoms with van der Waals surface area (Å²) in [6.45, 7) is 0. The molecule has 0 saturated heterocycles. The molecule has 0 aliphatic heterocycles. The molecule has 0 heterocycles. The number of rotatable bonds is 3. The van der Waals surface area contributed by atoms with Crippen LogP contribution in [0.15, 0.2) is 24.3 Å². The smallest absolute Gasteiger partial charge is 0.269 e. The number of hydrogen-bond donors (Lipinski definition) is 1. The van der Waals surface area contributed by atoms with E-state index in [9.17, 15) is 10.1 Å². The van der Waals surface area contributed by atoms with Crippen molar-refractivity contribution in [2.75, 3.05) is 0 Å². The fraction of sp³-hybridized carbons (Fsp3) is 0.500. The maximum atomic E-state index is 10.5. The maximum Gasteiger partial charge on any atom is 0.269 e. The number of hydrogen-bond acceptors (Lipinski definition) is 3. The molecule has 1 aliphatic rings. The molecule has 86 valence electrons. The minimum absolute atomic E-state index is 0.0308. The summed E-state index contributed by atoms with van der Waals surface area (Å²) in [4.78, 5) is 10.1. The van der Waals surface area contributed by atoms with Crippen molar-refractivity contribution in [3.63, 3.8) is 0 Å². The number of nitrogens with two attached hydrogens (primary N) is 1. The molecule has 4 nitrogen and oxygen atoms in total. The first-order chi connectivity index (χ1) is 7.68. The lowest BCUT2D eigenvalue weighted by atomic mass is 9.92. The quantitative estimate of drug-likeness (QED) is 0.629. The molecule has 0 bridgehead atoms. The molecule has 0 amide bonds. The van der Waals surface area contributed by atoms with Crippen LogP contribution in [-0.2, 0) is 0 Å². The lowest BCUT2D eigenvalue weighted by Gasteiger charge is -2.18. The highest BCUT2D eigenvalue weighted by Crippen LogP contribution is 2.34. The Labute approximate surface area is 94.6 Å². The van der Waals surface area contributed by atoms with Gasteiger partial charge in [-0.25, -0.2) is 0 Å². The summed E-state index contributed by atoms with van der Waals surface area (Å²) in [5.41, 5.74) is 7.30. The van der Waals surface area contributed by atoms with E-state index in [4.69, 9.17) is 5.73 Å². The van der Waals surface area contributed by atoms with Gasteiger partial charge >= 0.3 is 0 Å². The highest BCUT2D eigenvalue weighted by Gasteiger charge is 2.23. The zero-order chi connectivity index (χ0) is 11.5. The molecule has 0 radical (unpaired) electrons. The second kappa shape index (κ2) is 4.61. The summed E-state index contributed by atoms with van der Waals surface area (Å²) in [5.74, 6) is 0.543. The predicted octanol–water partition coefficient (Wildman–Crippen LogP) is 2.78. The first kappa shape index (κ1) is 11.1. The van der Waals surface area contributed by atoms with E-state index in [2.05, 4.69) is 0 Å². The van der Waals surface area contributed by atoms with Gasteiger partial charge in [0.2, 0.25) is 0 Å². The largest absolute Gasteiger partial charge is 0.324 e. The summed E-state index contributed by atoms with van der Waals surface area (Å²) in [7, 11) is 0. The van der Waals surface area contributed by atoms with Gasteiger partial charge in [-0.15, -0.1) is 0 Å². The van der Waals surface area contributed by atoms with Crippen LogP contribution in [0, 0.1) is 16.0 Å². The molecule has 1 aromatic carbocycles. The van der Waals surface area contributed by atoms with E-state index in [1.807, 2.05) is 0 Å². The van der Waals surface area contributed by atoms with E-state index in [1.165, 1.54) is 37.8 Å². The predicted molar refractivity (Wildman–Crippen MR) is 62.0 cm³/mol. The number of non-ortho nitro benzene ring substituents is 1. The number of nitro benzene ring substituents is 1. The molecular weight excluding hydrogens is 204 g/mol. The normalized spacial score (nSPS) is 18.6. The number of nitrogens with zero attached hydrogens (tertiary/aromatic N) is 1. The Morgan fingerprint density at radius 1 is 1.25 bits per heavy atom. The van der Waals surface area contributed by atoms with Crippen molar-refractivity contribution < 1.29 is 4.92 Å². The first-order valence-electron chi connectivity index (χ1n) is 5.68. The maximum absolute atomic E-state index is 10.5. The van der Waals surface area contributed by atoms with Gasteiger partial charge in [0.1, 0.15) is 0 Å². The van der Waals surface area contributed by atoms with Gasteiger partial charge in [-0.2, -0.15) is 0 Å². The lowest BCUT2D eigenvalue weighted by Crippen LogP contribution is -2.18. The van der Waals surface area contributed by atoms with Crippen molar-refractivity contribution in [3.05, 3.63) is 39.9 Å². The zero-order valence-electron chi connectivity index (χ0n) is 9.13. The number of nitro groups is 1. The molecule has 0 aromatic heterocycles. The molecule has 1 aromatic rings. The summed E-state index contributed by atoms with van der Waals surface area (Å²) in [6, 6.07) is 6.65. The van der Waals surface area contributed by atoms with Crippen LogP contribution in [0.2, 0.25) is 0 Å². The third-order valence-electron chi connectivity index (χ3n) is 3.40. The Balaban J connectivity index is 2.11. The average Bonchev–Trinajstić information content (AvgIpc) is 2.81. The zero-order valence-corrected chi connectivity index (χ0v) is 9.13. The minimum Gasteiger partial charge on any atom is -0.324 e. The monoisotopic (exact) mass is 220 g/mol. The van der Waals surface area contributed by atoms with Crippen LogP contribution in [0.5, 0.6) is 0 Å². The molecule has 4 heteroatoms. The van der Waals surface area contributed by atoms with E-state index < -0.39 is 0 Å². The van der Waals surface area contributed by atoms with Crippen molar-refractivity contribution in [2.24, 2.45) is 11.7 Å². The lowest BCUT2D eigenvalue weighted by molar-refractivity contribution is -0.384. The second-order valence-electron chi connectivity index (χ2n) is 4.42. The summed E-state index contributed by atoms with van der Waals surface area (Å²) in [5, 5.41) is 10.5. The van der Waals surface area contributed by atoms with Gasteiger partial charge in [0.05, 0.1) is 4.92 Å². The summed E-state index contributed by atoms with van der Waals surface area (Å²) >= 11 is 0. The summed E-state index contributed by atoms with van der Waals surface area (Å²) in [6.07, 6.45) is 4.87. The second-order valence-corrected chi connectivity index (χ2v) is 4.42. The van der Waals surface area contributed by atoms with E-state index >= 15 is 0 Å². The van der Waals surface area contributed by atoms with Crippen molar-refractivity contribution in [3.8, 4) is 0 Å². The highest BCUT2D eigenvalue weighted by atomic mass is 16.6. The van der Waals surface area contributed by atoms with Crippen LogP contribution in [0.1, 0.15) is 37.3 Å². The minimum atomic E-state index is -0.384. The van der Waals surface area contributed by atoms with Gasteiger partial charge in [0.15, 0.2) is 0 Å². The summed E-state index contributed by atoms with van der Waals surface area (Å²) < 4.78 is 0. The van der Waals surface area contributed by atoms with E-state index in [-0.39, 0.29) is 16.7 Å². The Morgan fingerprint density at radius 2 is 1.81 bits per heavy atom. The van der Waals surface area contributed by atoms with E-state index in [0.717, 1.165) is 5.56 Å². The Kier molecular flexibility index (Phi) is 3.19. The highest BCUT2D eigenvalue weighted by molar-refractivity contribution is 5.34. The van der Waals surface area contributed by atoms with Crippen LogP contribution < -0.4 is 5.73 Å². The van der Waals surface area contributed by atoms with E-state index in [0.29, 0.717) is 5.92 Å². The molecule has 1 saturated carbocycles. The van der Waals surface area contributed by atoms with Gasteiger partial charge in [0.25, 0.3) is 5.69 Å². The average molecular weight is 220 g/mol. The molecule has 16 heavy (non-hydrogen) atoms. The van der Waals surface area contributed by atoms with Gasteiger partial charge in [-0.05, 0) is 24.3 Å². The van der Waals surface area contributed by atoms with Gasteiger partial charge < -0.3 is 5.73 Å². The van der Waals surface area contributed by atoms with Gasteiger partial charge in [0, 0.05) is 18.2 Å². The van der Waals surface area contributed by atoms with Crippen LogP contribution in [0.3, 0.4) is 0 Å². The molecule has 2 rings (SSSR count). The Hall–Kier alpha value is -1.42. The molecule has 1 unspecified atom stereocenters. The molecule has 0 spiro atoms. The number of benzene rings is 1. The Bertz CT molecular complexity index is 369. The Morgan fingerprint density at radius 3 is 2.31 bits per heavy atom. The molecule has 1 aliphatic carbocycles. The van der Waals surface area contributed by atoms with Crippen molar-refractivity contribution in [2.45, 2.75) is 31.7 Å². The van der Waals surface area contributed by atoms with Gasteiger partial charge in [-0.1, -0.05) is 25.0 Å². The molecule has 2 N–H and O–H groups in total. The van der Waals surface area contributed by atoms with Crippen LogP contribution in [-0.4, -0.2) is 4.92 Å². The van der Waals surface area contributed by atoms with Crippen LogP contribution in [0.25, 0.3) is 0 Å². The fourth-order valence-corrected chi connectivity index (χ4v) is 2.41. The molecule has 1 atom stereocenters. The van der Waals surface area contributed by atoms with Crippen molar-refractivity contribution >= 4 is 5.69 Å². The topological polar surface area (TPSA) is 69.2 Å². The first-order valence-corrected chi connectivity index (χ1v) is 5.68. The third-order valence-corrected chi connectivity index (χ3v) is 3.40. The third kappa shape index (κ3) is 2.22. The van der Waals surface area contributed by atoms with Crippen molar-refractivity contribution in [1.82, 2.24) is 0 Å². The standard InChI is InChI=1S/C12H16N2O2/c13-12(9-3-1-2-4-9)10-5-7-11(8-6-10)14(15)16/h5-9,12H,1-4,13H2. The van der Waals surface area contributed by atoms with Crippen LogP contribution in [0.4, 0.5) is 5.69 Å². The van der Waals surface area contributed by atoms with Crippen LogP contribution >= 0.6 is 0 Å². The van der Waals surface area contributed by atoms with E-state index in [1.54, 1.807) is 12.1 Å². The van der Waals surface area contributed by atoms with Gasteiger partial charge in [-0.3, -0.25) is 10.1 Å². The SMILES string of the molecule is NC(c1ccc([N+](=O)[O-])cc1)C1CCCC1. The van der Waals surface area contributed by atoms with Crippen molar-refractivity contribution in [1.29, 1.82) is 0 Å².